The Bertz CT molecular complexity index is 1190. The number of methoxy groups -OCH3 is 1. The molecule has 0 amide bonds. The Balaban J connectivity index is 1.52. The number of ether oxygens (including phenoxy) is 1. The largest absolute Gasteiger partial charge is 0.495 e. The van der Waals surface area contributed by atoms with Gasteiger partial charge in [0, 0.05) is 37.6 Å². The van der Waals surface area contributed by atoms with Crippen LogP contribution in [-0.2, 0) is 0 Å². The molecule has 1 aliphatic rings. The van der Waals surface area contributed by atoms with Crippen LogP contribution < -0.4 is 20.3 Å². The van der Waals surface area contributed by atoms with Crippen LogP contribution in [0.2, 0.25) is 5.02 Å². The Morgan fingerprint density at radius 1 is 1.09 bits per heavy atom. The zero-order valence-corrected chi connectivity index (χ0v) is 19.0. The molecular weight excluding hydrogens is 445 g/mol. The summed E-state index contributed by atoms with van der Waals surface area (Å²) in [5.41, 5.74) is 2.63. The highest BCUT2D eigenvalue weighted by molar-refractivity contribution is 6.32. The van der Waals surface area contributed by atoms with Crippen molar-refractivity contribution in [2.45, 2.75) is 0 Å². The average molecular weight is 468 g/mol. The molecule has 1 aliphatic heterocycles. The van der Waals surface area contributed by atoms with E-state index < -0.39 is 5.82 Å². The number of piperazine rings is 1. The summed E-state index contributed by atoms with van der Waals surface area (Å²) in [4.78, 5) is 12.7. The number of rotatable bonds is 6. The second-order valence-corrected chi connectivity index (χ2v) is 8.03. The van der Waals surface area contributed by atoms with E-state index in [0.29, 0.717) is 27.7 Å². The van der Waals surface area contributed by atoms with Gasteiger partial charge in [-0.3, -0.25) is 0 Å². The highest BCUT2D eigenvalue weighted by Gasteiger charge is 2.18. The zero-order chi connectivity index (χ0) is 23.4. The summed E-state index contributed by atoms with van der Waals surface area (Å²) < 4.78 is 19.5. The van der Waals surface area contributed by atoms with Crippen molar-refractivity contribution in [3.8, 4) is 11.8 Å². The van der Waals surface area contributed by atoms with Crippen LogP contribution in [0, 0.1) is 17.1 Å². The summed E-state index contributed by atoms with van der Waals surface area (Å²) >= 11 is 6.14. The van der Waals surface area contributed by atoms with Gasteiger partial charge in [0.15, 0.2) is 11.6 Å². The minimum absolute atomic E-state index is 0.0108. The van der Waals surface area contributed by atoms with Crippen molar-refractivity contribution in [2.24, 2.45) is 0 Å². The molecule has 0 saturated carbocycles. The Morgan fingerprint density at radius 2 is 1.82 bits per heavy atom. The summed E-state index contributed by atoms with van der Waals surface area (Å²) in [6.45, 7) is 3.62. The van der Waals surface area contributed by atoms with Crippen LogP contribution in [0.4, 0.5) is 33.2 Å². The van der Waals surface area contributed by atoms with Gasteiger partial charge in [0.2, 0.25) is 5.95 Å². The van der Waals surface area contributed by atoms with E-state index >= 15 is 0 Å². The minimum Gasteiger partial charge on any atom is -0.495 e. The minimum atomic E-state index is -0.615. The van der Waals surface area contributed by atoms with Crippen LogP contribution >= 0.6 is 11.6 Å². The monoisotopic (exact) mass is 467 g/mol. The van der Waals surface area contributed by atoms with E-state index in [2.05, 4.69) is 43.5 Å². The van der Waals surface area contributed by atoms with Crippen molar-refractivity contribution in [3.63, 3.8) is 0 Å². The van der Waals surface area contributed by atoms with E-state index in [1.165, 1.54) is 7.11 Å². The molecule has 0 bridgehead atoms. The maximum Gasteiger partial charge on any atom is 0.229 e. The third-order valence-electron chi connectivity index (χ3n) is 5.38. The first-order valence-corrected chi connectivity index (χ1v) is 10.7. The molecule has 0 spiro atoms. The van der Waals surface area contributed by atoms with Crippen molar-refractivity contribution in [3.05, 3.63) is 59.0 Å². The molecule has 33 heavy (non-hydrogen) atoms. The normalized spacial score (nSPS) is 14.0. The molecule has 0 unspecified atom stereocenters. The fourth-order valence-corrected chi connectivity index (χ4v) is 3.81. The molecular formula is C23H23ClFN7O. The Kier molecular flexibility index (Phi) is 6.77. The summed E-state index contributed by atoms with van der Waals surface area (Å²) in [6, 6.07) is 12.8. The van der Waals surface area contributed by atoms with Crippen LogP contribution in [0.1, 0.15) is 5.56 Å². The number of nitrogens with one attached hydrogen (secondary N) is 2. The maximum absolute atomic E-state index is 14.3. The standard InChI is InChI=1S/C23H23ClFN7O/c1-31-7-9-32(10-8-31)20-5-3-16(11-15(20)13-26)29-23-27-14-19(25)22(30-23)28-17-4-6-21(33-2)18(24)12-17/h3-6,11-12,14H,7-10H2,1-2H3,(H2,27,28,29,30). The molecule has 10 heteroatoms. The van der Waals surface area contributed by atoms with E-state index in [1.807, 2.05) is 12.1 Å². The van der Waals surface area contributed by atoms with Crippen LogP contribution in [0.25, 0.3) is 0 Å². The quantitative estimate of drug-likeness (QED) is 0.551. The van der Waals surface area contributed by atoms with Crippen LogP contribution in [-0.4, -0.2) is 55.2 Å². The van der Waals surface area contributed by atoms with Gasteiger partial charge in [-0.05, 0) is 43.4 Å². The average Bonchev–Trinajstić information content (AvgIpc) is 2.82. The molecule has 1 aromatic heterocycles. The molecule has 170 valence electrons. The number of likely N-dealkylation sites (N-methyl/N-ethyl adjacent to an activating group) is 1. The van der Waals surface area contributed by atoms with Gasteiger partial charge in [0.25, 0.3) is 0 Å². The van der Waals surface area contributed by atoms with Crippen molar-refractivity contribution in [2.75, 3.05) is 55.9 Å². The van der Waals surface area contributed by atoms with Crippen LogP contribution in [0.3, 0.4) is 0 Å². The van der Waals surface area contributed by atoms with Gasteiger partial charge < -0.3 is 25.2 Å². The molecule has 2 heterocycles. The number of hydrogen-bond acceptors (Lipinski definition) is 8. The number of nitrogens with zero attached hydrogens (tertiary/aromatic N) is 5. The second kappa shape index (κ2) is 9.90. The summed E-state index contributed by atoms with van der Waals surface area (Å²) in [6.07, 6.45) is 1.08. The van der Waals surface area contributed by atoms with Crippen molar-refractivity contribution in [1.29, 1.82) is 5.26 Å². The predicted octanol–water partition coefficient (Wildman–Crippen LogP) is 4.39. The molecule has 0 atom stereocenters. The highest BCUT2D eigenvalue weighted by atomic mass is 35.5. The molecule has 0 radical (unpaired) electrons. The summed E-state index contributed by atoms with van der Waals surface area (Å²) in [5.74, 6) is 0.0784. The molecule has 2 aromatic carbocycles. The Labute approximate surface area is 196 Å². The van der Waals surface area contributed by atoms with Gasteiger partial charge in [-0.15, -0.1) is 0 Å². The molecule has 8 nitrogen and oxygen atoms in total. The van der Waals surface area contributed by atoms with Gasteiger partial charge in [-0.25, -0.2) is 9.37 Å². The first-order chi connectivity index (χ1) is 16.0. The van der Waals surface area contributed by atoms with Gasteiger partial charge in [0.1, 0.15) is 11.8 Å². The molecule has 1 saturated heterocycles. The maximum atomic E-state index is 14.3. The first kappa shape index (κ1) is 22.6. The number of anilines is 5. The summed E-state index contributed by atoms with van der Waals surface area (Å²) in [7, 11) is 3.61. The topological polar surface area (TPSA) is 89.3 Å². The SMILES string of the molecule is COc1ccc(Nc2nc(Nc3ccc(N4CCN(C)CC4)c(C#N)c3)ncc2F)cc1Cl. The third kappa shape index (κ3) is 5.25. The van der Waals surface area contributed by atoms with Crippen LogP contribution in [0.15, 0.2) is 42.6 Å². The van der Waals surface area contributed by atoms with E-state index in [0.717, 1.165) is 38.1 Å². The van der Waals surface area contributed by atoms with Gasteiger partial charge in [-0.1, -0.05) is 11.6 Å². The lowest BCUT2D eigenvalue weighted by Gasteiger charge is -2.34. The van der Waals surface area contributed by atoms with Gasteiger partial charge >= 0.3 is 0 Å². The number of benzene rings is 2. The molecule has 2 N–H and O–H groups in total. The van der Waals surface area contributed by atoms with Crippen LogP contribution in [0.5, 0.6) is 5.75 Å². The smallest absolute Gasteiger partial charge is 0.229 e. The third-order valence-corrected chi connectivity index (χ3v) is 5.67. The lowest BCUT2D eigenvalue weighted by molar-refractivity contribution is 0.313. The van der Waals surface area contributed by atoms with E-state index in [9.17, 15) is 9.65 Å². The van der Waals surface area contributed by atoms with Crippen molar-refractivity contribution >= 4 is 40.4 Å². The van der Waals surface area contributed by atoms with E-state index in [-0.39, 0.29) is 11.8 Å². The van der Waals surface area contributed by atoms with Gasteiger partial charge in [-0.2, -0.15) is 10.2 Å². The Hall–Kier alpha value is -3.61. The second-order valence-electron chi connectivity index (χ2n) is 7.62. The number of aromatic nitrogens is 2. The molecule has 4 rings (SSSR count). The van der Waals surface area contributed by atoms with E-state index in [1.54, 1.807) is 24.3 Å². The fourth-order valence-electron chi connectivity index (χ4n) is 3.55. The fraction of sp³-hybridized carbons (Fsp3) is 0.261. The predicted molar refractivity (Wildman–Crippen MR) is 127 cm³/mol. The number of halogens is 2. The molecule has 0 aliphatic carbocycles. The zero-order valence-electron chi connectivity index (χ0n) is 18.3. The first-order valence-electron chi connectivity index (χ1n) is 10.3. The van der Waals surface area contributed by atoms with E-state index in [4.69, 9.17) is 16.3 Å². The number of nitriles is 1. The summed E-state index contributed by atoms with van der Waals surface area (Å²) in [5, 5.41) is 16.0. The van der Waals surface area contributed by atoms with Crippen molar-refractivity contribution in [1.82, 2.24) is 14.9 Å². The lowest BCUT2D eigenvalue weighted by atomic mass is 10.1. The number of hydrogen-bond donors (Lipinski definition) is 2. The highest BCUT2D eigenvalue weighted by Crippen LogP contribution is 2.30. The lowest BCUT2D eigenvalue weighted by Crippen LogP contribution is -2.44. The molecule has 1 fully saturated rings. The molecule has 3 aromatic rings. The Morgan fingerprint density at radius 3 is 2.52 bits per heavy atom. The van der Waals surface area contributed by atoms with Crippen molar-refractivity contribution < 1.29 is 9.13 Å². The van der Waals surface area contributed by atoms with Gasteiger partial charge in [0.05, 0.1) is 29.6 Å².